The summed E-state index contributed by atoms with van der Waals surface area (Å²) in [7, 11) is 0. The second-order valence-electron chi connectivity index (χ2n) is 11.0. The summed E-state index contributed by atoms with van der Waals surface area (Å²) in [4.78, 5) is 29.6. The molecule has 2 heterocycles. The van der Waals surface area contributed by atoms with Crippen molar-refractivity contribution < 1.29 is 23.5 Å². The average Bonchev–Trinajstić information content (AvgIpc) is 3.18. The molecule has 1 aliphatic heterocycles. The number of carbonyl (C=O) groups is 2. The molecule has 0 radical (unpaired) electrons. The number of pyridine rings is 1. The Hall–Kier alpha value is -3.02. The van der Waals surface area contributed by atoms with E-state index in [1.54, 1.807) is 12.3 Å². The zero-order valence-electron chi connectivity index (χ0n) is 21.6. The van der Waals surface area contributed by atoms with Crippen LogP contribution in [0.5, 0.6) is 0 Å². The molecule has 0 unspecified atom stereocenters. The van der Waals surface area contributed by atoms with E-state index >= 15 is 0 Å². The van der Waals surface area contributed by atoms with Gasteiger partial charge in [0.15, 0.2) is 0 Å². The molecule has 0 N–H and O–H groups in total. The van der Waals surface area contributed by atoms with Gasteiger partial charge in [-0.2, -0.15) is 0 Å². The maximum absolute atomic E-state index is 13.6. The maximum atomic E-state index is 13.6. The van der Waals surface area contributed by atoms with E-state index in [0.717, 1.165) is 48.9 Å². The topological polar surface area (TPSA) is 65.5 Å². The Morgan fingerprint density at radius 2 is 2.05 bits per heavy atom. The molecule has 37 heavy (non-hydrogen) atoms. The van der Waals surface area contributed by atoms with Crippen molar-refractivity contribution in [3.63, 3.8) is 0 Å². The quantitative estimate of drug-likeness (QED) is 0.403. The van der Waals surface area contributed by atoms with Gasteiger partial charge in [-0.1, -0.05) is 31.2 Å². The fourth-order valence-corrected chi connectivity index (χ4v) is 6.96. The molecule has 1 saturated heterocycles. The molecule has 7 atom stereocenters. The van der Waals surface area contributed by atoms with Gasteiger partial charge in [0.05, 0.1) is 18.2 Å². The summed E-state index contributed by atoms with van der Waals surface area (Å²) < 4.78 is 24.7. The van der Waals surface area contributed by atoms with Crippen molar-refractivity contribution in [3.8, 4) is 11.1 Å². The first-order valence-corrected chi connectivity index (χ1v) is 13.7. The van der Waals surface area contributed by atoms with Crippen LogP contribution in [0.2, 0.25) is 0 Å². The summed E-state index contributed by atoms with van der Waals surface area (Å²) in [6.45, 7) is 4.50. The fourth-order valence-electron chi connectivity index (χ4n) is 6.96. The van der Waals surface area contributed by atoms with Crippen molar-refractivity contribution in [2.75, 3.05) is 6.61 Å². The first-order chi connectivity index (χ1) is 17.9. The number of carbonyl (C=O) groups excluding carboxylic acids is 2. The Morgan fingerprint density at radius 1 is 1.19 bits per heavy atom. The van der Waals surface area contributed by atoms with Gasteiger partial charge in [0.1, 0.15) is 11.9 Å². The average molecular weight is 506 g/mol. The predicted molar refractivity (Wildman–Crippen MR) is 139 cm³/mol. The van der Waals surface area contributed by atoms with E-state index in [0.29, 0.717) is 30.8 Å². The lowest BCUT2D eigenvalue weighted by Crippen LogP contribution is -2.44. The highest BCUT2D eigenvalue weighted by atomic mass is 19.1. The molecule has 3 aliphatic rings. The number of hydrogen-bond acceptors (Lipinski definition) is 5. The molecular weight excluding hydrogens is 469 g/mol. The highest BCUT2D eigenvalue weighted by Gasteiger charge is 2.54. The second-order valence-corrected chi connectivity index (χ2v) is 11.0. The van der Waals surface area contributed by atoms with Crippen LogP contribution in [0.25, 0.3) is 17.2 Å². The van der Waals surface area contributed by atoms with E-state index in [9.17, 15) is 14.0 Å². The van der Waals surface area contributed by atoms with Gasteiger partial charge < -0.3 is 9.47 Å². The molecule has 196 valence electrons. The van der Waals surface area contributed by atoms with Crippen molar-refractivity contribution in [1.29, 1.82) is 0 Å². The molecule has 0 spiro atoms. The highest BCUT2D eigenvalue weighted by molar-refractivity contribution is 5.76. The number of cyclic esters (lactones) is 1. The molecule has 2 aromatic rings. The minimum Gasteiger partial charge on any atom is -0.466 e. The zero-order chi connectivity index (χ0) is 25.9. The largest absolute Gasteiger partial charge is 0.466 e. The van der Waals surface area contributed by atoms with Crippen LogP contribution in [0.3, 0.4) is 0 Å². The standard InChI is InChI=1S/C31H36FNO4/c1-3-13-36-29(34)15-20-7-11-26-23(14-20)17-28-30(19(2)37-31(28)35)27(26)12-10-25-9-8-22(18-33-25)21-5-4-6-24(32)16-21/h4-6,8-10,12,16,18-20,23,26-28,30H,3,7,11,13-15,17H2,1-2H3/b12-10+/t19-,20-,23+,26-,27+,28-,30+/m1/s1. The van der Waals surface area contributed by atoms with Crippen LogP contribution in [0.1, 0.15) is 58.1 Å². The monoisotopic (exact) mass is 505 g/mol. The Morgan fingerprint density at radius 3 is 2.81 bits per heavy atom. The number of hydrogen-bond donors (Lipinski definition) is 0. The SMILES string of the molecule is CCCOC(=O)C[C@@H]1CC[C@@H]2[C@@H](C1)C[C@H]1C(=O)O[C@H](C)[C@H]1[C@H]2/C=C/c1ccc(-c2cccc(F)c2)cn1. The number of benzene rings is 1. The normalized spacial score (nSPS) is 31.0. The number of fused-ring (bicyclic) bond motifs is 2. The van der Waals surface area contributed by atoms with Crippen LogP contribution in [-0.4, -0.2) is 29.6 Å². The lowest BCUT2D eigenvalue weighted by atomic mass is 9.56. The molecule has 1 aromatic heterocycles. The maximum Gasteiger partial charge on any atom is 0.309 e. The van der Waals surface area contributed by atoms with Crippen molar-refractivity contribution in [2.24, 2.45) is 35.5 Å². The third kappa shape index (κ3) is 5.63. The van der Waals surface area contributed by atoms with E-state index in [-0.39, 0.29) is 41.6 Å². The molecule has 2 saturated carbocycles. The first kappa shape index (κ1) is 25.6. The minimum atomic E-state index is -0.266. The van der Waals surface area contributed by atoms with Crippen molar-refractivity contribution in [3.05, 3.63) is 60.2 Å². The predicted octanol–water partition coefficient (Wildman–Crippen LogP) is 6.47. The molecule has 2 aliphatic carbocycles. The number of rotatable bonds is 7. The summed E-state index contributed by atoms with van der Waals surface area (Å²) in [6, 6.07) is 10.4. The van der Waals surface area contributed by atoms with Crippen LogP contribution < -0.4 is 0 Å². The van der Waals surface area contributed by atoms with Gasteiger partial charge in [-0.05, 0) is 92.5 Å². The third-order valence-corrected chi connectivity index (χ3v) is 8.61. The van der Waals surface area contributed by atoms with Gasteiger partial charge >= 0.3 is 11.9 Å². The van der Waals surface area contributed by atoms with Gasteiger partial charge in [0, 0.05) is 24.1 Å². The van der Waals surface area contributed by atoms with Gasteiger partial charge in [0.2, 0.25) is 0 Å². The first-order valence-electron chi connectivity index (χ1n) is 13.7. The van der Waals surface area contributed by atoms with E-state index < -0.39 is 0 Å². The van der Waals surface area contributed by atoms with Crippen LogP contribution in [0.15, 0.2) is 48.7 Å². The number of ether oxygens (including phenoxy) is 2. The summed E-state index contributed by atoms with van der Waals surface area (Å²) in [6.07, 6.45) is 11.1. The van der Waals surface area contributed by atoms with Gasteiger partial charge in [0.25, 0.3) is 0 Å². The summed E-state index contributed by atoms with van der Waals surface area (Å²) >= 11 is 0. The van der Waals surface area contributed by atoms with Crippen LogP contribution >= 0.6 is 0 Å². The van der Waals surface area contributed by atoms with Crippen molar-refractivity contribution in [2.45, 2.75) is 58.5 Å². The summed E-state index contributed by atoms with van der Waals surface area (Å²) in [5, 5.41) is 0. The number of nitrogens with zero attached hydrogens (tertiary/aromatic N) is 1. The Bertz CT molecular complexity index is 1150. The smallest absolute Gasteiger partial charge is 0.309 e. The van der Waals surface area contributed by atoms with Crippen LogP contribution in [0.4, 0.5) is 4.39 Å². The second kappa shape index (κ2) is 11.2. The van der Waals surface area contributed by atoms with E-state index in [2.05, 4.69) is 17.1 Å². The number of halogens is 1. The van der Waals surface area contributed by atoms with Crippen molar-refractivity contribution in [1.82, 2.24) is 4.98 Å². The fraction of sp³-hybridized carbons (Fsp3) is 0.516. The molecular formula is C31H36FNO4. The lowest BCUT2D eigenvalue weighted by Gasteiger charge is -2.47. The Balaban J connectivity index is 1.32. The number of allylic oxidation sites excluding steroid dienone is 1. The molecule has 1 aromatic carbocycles. The van der Waals surface area contributed by atoms with E-state index in [1.807, 2.05) is 32.0 Å². The Kier molecular flexibility index (Phi) is 7.73. The van der Waals surface area contributed by atoms with Crippen LogP contribution in [-0.2, 0) is 19.1 Å². The van der Waals surface area contributed by atoms with E-state index in [4.69, 9.17) is 9.47 Å². The van der Waals surface area contributed by atoms with Crippen molar-refractivity contribution >= 4 is 18.0 Å². The summed E-state index contributed by atoms with van der Waals surface area (Å²) in [5.74, 6) is 1.05. The number of esters is 2. The van der Waals surface area contributed by atoms with Gasteiger partial charge in [-0.3, -0.25) is 14.6 Å². The summed E-state index contributed by atoms with van der Waals surface area (Å²) in [5.41, 5.74) is 2.50. The Labute approximate surface area is 218 Å². The molecule has 3 fully saturated rings. The zero-order valence-corrected chi connectivity index (χ0v) is 21.6. The number of aromatic nitrogens is 1. The van der Waals surface area contributed by atoms with Gasteiger partial charge in [-0.15, -0.1) is 0 Å². The molecule has 5 rings (SSSR count). The molecule has 0 bridgehead atoms. The van der Waals surface area contributed by atoms with E-state index in [1.165, 1.54) is 12.1 Å². The highest BCUT2D eigenvalue weighted by Crippen LogP contribution is 2.54. The molecule has 6 heteroatoms. The minimum absolute atomic E-state index is 0.0728. The van der Waals surface area contributed by atoms with Crippen LogP contribution in [0, 0.1) is 41.3 Å². The molecule has 5 nitrogen and oxygen atoms in total. The molecule has 0 amide bonds. The lowest BCUT2D eigenvalue weighted by molar-refractivity contribution is -0.147. The van der Waals surface area contributed by atoms with Gasteiger partial charge in [-0.25, -0.2) is 4.39 Å². The third-order valence-electron chi connectivity index (χ3n) is 8.61.